The molecule has 1 aromatic heterocycles. The van der Waals surface area contributed by atoms with Gasteiger partial charge < -0.3 is 19.0 Å². The number of carbonyl (C=O) groups is 2. The van der Waals surface area contributed by atoms with E-state index in [0.29, 0.717) is 40.9 Å². The van der Waals surface area contributed by atoms with E-state index in [1.54, 1.807) is 54.6 Å². The standard InChI is InChI=1S/C31H27NO6/c1-3-17-36-25-16-11-21(19-20(25)2)29(33)27-28(26-10-7-18-37-26)32(31(35)30(27)34)22-12-14-24(15-13-22)38-23-8-5-4-6-9-23/h4-16,18-19,28,33H,3,17H2,1-2H3/b29-27-. The van der Waals surface area contributed by atoms with E-state index in [1.807, 2.05) is 44.2 Å². The van der Waals surface area contributed by atoms with Crippen molar-refractivity contribution >= 4 is 23.1 Å². The Morgan fingerprint density at radius 1 is 0.947 bits per heavy atom. The zero-order valence-electron chi connectivity index (χ0n) is 21.1. The van der Waals surface area contributed by atoms with Gasteiger partial charge in [0.2, 0.25) is 0 Å². The van der Waals surface area contributed by atoms with E-state index in [2.05, 4.69) is 0 Å². The summed E-state index contributed by atoms with van der Waals surface area (Å²) in [6.07, 6.45) is 2.34. The third kappa shape index (κ3) is 4.78. The summed E-state index contributed by atoms with van der Waals surface area (Å²) < 4.78 is 17.2. The molecule has 1 atom stereocenters. The summed E-state index contributed by atoms with van der Waals surface area (Å²) in [4.78, 5) is 28.0. The first kappa shape index (κ1) is 24.9. The SMILES string of the molecule is CCCOc1ccc(/C(O)=C2/C(=O)C(=O)N(c3ccc(Oc4ccccc4)cc3)C2c2ccco2)cc1C. The normalized spacial score (nSPS) is 16.6. The van der Waals surface area contributed by atoms with Crippen LogP contribution in [0.3, 0.4) is 0 Å². The smallest absolute Gasteiger partial charge is 0.300 e. The molecule has 0 bridgehead atoms. The predicted molar refractivity (Wildman–Crippen MR) is 143 cm³/mol. The third-order valence-corrected chi connectivity index (χ3v) is 6.26. The van der Waals surface area contributed by atoms with Crippen molar-refractivity contribution in [1.82, 2.24) is 0 Å². The number of hydrogen-bond acceptors (Lipinski definition) is 6. The van der Waals surface area contributed by atoms with Gasteiger partial charge in [0, 0.05) is 11.3 Å². The van der Waals surface area contributed by atoms with Gasteiger partial charge in [0.15, 0.2) is 0 Å². The van der Waals surface area contributed by atoms with Gasteiger partial charge in [-0.2, -0.15) is 0 Å². The van der Waals surface area contributed by atoms with Crippen LogP contribution in [0.5, 0.6) is 17.2 Å². The average molecular weight is 510 g/mol. The molecule has 4 aromatic rings. The second-order valence-corrected chi connectivity index (χ2v) is 8.92. The number of Topliss-reactive ketones (excluding diaryl/α,β-unsaturated/α-hetero) is 1. The maximum absolute atomic E-state index is 13.3. The van der Waals surface area contributed by atoms with E-state index in [9.17, 15) is 14.7 Å². The molecule has 38 heavy (non-hydrogen) atoms. The Hall–Kier alpha value is -4.78. The van der Waals surface area contributed by atoms with Crippen LogP contribution in [0.4, 0.5) is 5.69 Å². The number of furan rings is 1. The molecule has 192 valence electrons. The van der Waals surface area contributed by atoms with E-state index in [-0.39, 0.29) is 11.3 Å². The lowest BCUT2D eigenvalue weighted by molar-refractivity contribution is -0.132. The van der Waals surface area contributed by atoms with E-state index in [4.69, 9.17) is 13.9 Å². The molecule has 1 aliphatic heterocycles. The Morgan fingerprint density at radius 3 is 2.34 bits per heavy atom. The van der Waals surface area contributed by atoms with Gasteiger partial charge in [-0.15, -0.1) is 0 Å². The fourth-order valence-corrected chi connectivity index (χ4v) is 4.44. The van der Waals surface area contributed by atoms with Gasteiger partial charge in [-0.05, 0) is 85.6 Å². The lowest BCUT2D eigenvalue weighted by Crippen LogP contribution is -2.29. The van der Waals surface area contributed by atoms with E-state index >= 15 is 0 Å². The highest BCUT2D eigenvalue weighted by atomic mass is 16.5. The molecule has 3 aromatic carbocycles. The van der Waals surface area contributed by atoms with Gasteiger partial charge in [0.1, 0.15) is 34.8 Å². The number of ether oxygens (including phenoxy) is 2. The van der Waals surface area contributed by atoms with Crippen LogP contribution < -0.4 is 14.4 Å². The Balaban J connectivity index is 1.52. The minimum absolute atomic E-state index is 0.0452. The lowest BCUT2D eigenvalue weighted by atomic mass is 9.98. The highest BCUT2D eigenvalue weighted by molar-refractivity contribution is 6.51. The van der Waals surface area contributed by atoms with Crippen LogP contribution in [0.2, 0.25) is 0 Å². The number of para-hydroxylation sites is 1. The molecule has 1 aliphatic rings. The Labute approximate surface area is 220 Å². The minimum Gasteiger partial charge on any atom is -0.507 e. The summed E-state index contributed by atoms with van der Waals surface area (Å²) in [5.41, 5.74) is 1.64. The zero-order valence-corrected chi connectivity index (χ0v) is 21.1. The maximum atomic E-state index is 13.3. The first-order valence-corrected chi connectivity index (χ1v) is 12.4. The molecule has 0 spiro atoms. The van der Waals surface area contributed by atoms with Crippen molar-refractivity contribution in [3.05, 3.63) is 114 Å². The van der Waals surface area contributed by atoms with Gasteiger partial charge in [-0.25, -0.2) is 0 Å². The number of rotatable bonds is 8. The largest absolute Gasteiger partial charge is 0.507 e. The number of amides is 1. The zero-order chi connectivity index (χ0) is 26.6. The molecule has 1 saturated heterocycles. The first-order valence-electron chi connectivity index (χ1n) is 12.4. The van der Waals surface area contributed by atoms with Crippen LogP contribution >= 0.6 is 0 Å². The summed E-state index contributed by atoms with van der Waals surface area (Å²) in [6, 6.07) is 23.7. The number of hydrogen-bond donors (Lipinski definition) is 1. The number of aliphatic hydroxyl groups excluding tert-OH is 1. The Kier molecular flexibility index (Phi) is 7.00. The fourth-order valence-electron chi connectivity index (χ4n) is 4.44. The fraction of sp³-hybridized carbons (Fsp3) is 0.161. The number of carbonyl (C=O) groups excluding carboxylic acids is 2. The van der Waals surface area contributed by atoms with Crippen LogP contribution in [0.15, 0.2) is 101 Å². The molecule has 5 rings (SSSR count). The van der Waals surface area contributed by atoms with Crippen molar-refractivity contribution in [3.63, 3.8) is 0 Å². The molecule has 1 N–H and O–H groups in total. The van der Waals surface area contributed by atoms with Crippen molar-refractivity contribution in [2.75, 3.05) is 11.5 Å². The molecule has 1 amide bonds. The minimum atomic E-state index is -0.942. The van der Waals surface area contributed by atoms with Gasteiger partial charge in [0.25, 0.3) is 11.7 Å². The second kappa shape index (κ2) is 10.7. The maximum Gasteiger partial charge on any atom is 0.300 e. The van der Waals surface area contributed by atoms with Gasteiger partial charge >= 0.3 is 0 Å². The number of benzene rings is 3. The number of aliphatic hydroxyl groups is 1. The molecule has 0 saturated carbocycles. The van der Waals surface area contributed by atoms with Crippen LogP contribution in [-0.4, -0.2) is 23.4 Å². The molecule has 0 radical (unpaired) electrons. The van der Waals surface area contributed by atoms with Crippen molar-refractivity contribution in [2.24, 2.45) is 0 Å². The summed E-state index contributed by atoms with van der Waals surface area (Å²) >= 11 is 0. The number of ketones is 1. The van der Waals surface area contributed by atoms with E-state index in [1.165, 1.54) is 11.2 Å². The van der Waals surface area contributed by atoms with E-state index in [0.717, 1.165) is 12.0 Å². The van der Waals surface area contributed by atoms with Crippen molar-refractivity contribution in [3.8, 4) is 17.2 Å². The topological polar surface area (TPSA) is 89.2 Å². The van der Waals surface area contributed by atoms with E-state index < -0.39 is 17.7 Å². The van der Waals surface area contributed by atoms with Gasteiger partial charge in [-0.1, -0.05) is 25.1 Å². The molecule has 7 nitrogen and oxygen atoms in total. The molecule has 1 fully saturated rings. The van der Waals surface area contributed by atoms with Crippen LogP contribution in [0.25, 0.3) is 5.76 Å². The summed E-state index contributed by atoms with van der Waals surface area (Å²) in [5, 5.41) is 11.3. The summed E-state index contributed by atoms with van der Waals surface area (Å²) in [7, 11) is 0. The molecule has 0 aliphatic carbocycles. The van der Waals surface area contributed by atoms with Gasteiger partial charge in [-0.3, -0.25) is 14.5 Å². The van der Waals surface area contributed by atoms with Crippen LogP contribution in [-0.2, 0) is 9.59 Å². The number of nitrogens with zero attached hydrogens (tertiary/aromatic N) is 1. The van der Waals surface area contributed by atoms with Crippen LogP contribution in [0.1, 0.15) is 36.3 Å². The quantitative estimate of drug-likeness (QED) is 0.160. The molecular formula is C31H27NO6. The highest BCUT2D eigenvalue weighted by Gasteiger charge is 2.48. The molecule has 2 heterocycles. The number of anilines is 1. The van der Waals surface area contributed by atoms with Crippen molar-refractivity contribution in [2.45, 2.75) is 26.3 Å². The van der Waals surface area contributed by atoms with Crippen LogP contribution in [0, 0.1) is 6.92 Å². The number of aryl methyl sites for hydroxylation is 1. The lowest BCUT2D eigenvalue weighted by Gasteiger charge is -2.23. The third-order valence-electron chi connectivity index (χ3n) is 6.26. The van der Waals surface area contributed by atoms with Gasteiger partial charge in [0.05, 0.1) is 18.4 Å². The monoisotopic (exact) mass is 509 g/mol. The second-order valence-electron chi connectivity index (χ2n) is 8.92. The highest BCUT2D eigenvalue weighted by Crippen LogP contribution is 2.43. The summed E-state index contributed by atoms with van der Waals surface area (Å²) in [6.45, 7) is 4.46. The summed E-state index contributed by atoms with van der Waals surface area (Å²) in [5.74, 6) is 0.479. The average Bonchev–Trinajstić information content (AvgIpc) is 3.55. The van der Waals surface area contributed by atoms with Crippen molar-refractivity contribution in [1.29, 1.82) is 0 Å². The Morgan fingerprint density at radius 2 is 1.68 bits per heavy atom. The van der Waals surface area contributed by atoms with Crippen molar-refractivity contribution < 1.29 is 28.6 Å². The molecular weight excluding hydrogens is 482 g/mol. The first-order chi connectivity index (χ1) is 18.5. The molecule has 1 unspecified atom stereocenters. The molecule has 7 heteroatoms. The predicted octanol–water partition coefficient (Wildman–Crippen LogP) is 6.80. The Bertz CT molecular complexity index is 1470.